The first-order valence-corrected chi connectivity index (χ1v) is 9.61. The van der Waals surface area contributed by atoms with Gasteiger partial charge in [0.1, 0.15) is 0 Å². The molecule has 0 spiro atoms. The molecule has 0 aliphatic rings. The van der Waals surface area contributed by atoms with E-state index in [4.69, 9.17) is 25.8 Å². The van der Waals surface area contributed by atoms with E-state index in [1.807, 2.05) is 55.6 Å². The monoisotopic (exact) mass is 413 g/mol. The molecule has 6 heteroatoms. The van der Waals surface area contributed by atoms with Gasteiger partial charge in [0.2, 0.25) is 0 Å². The molecular weight excluding hydrogens is 390 g/mol. The molecule has 2 aromatic carbocycles. The molecule has 0 unspecified atom stereocenters. The van der Waals surface area contributed by atoms with Gasteiger partial charge in [-0.05, 0) is 48.7 Å². The zero-order valence-electron chi connectivity index (χ0n) is 17.0. The van der Waals surface area contributed by atoms with Crippen molar-refractivity contribution in [3.8, 4) is 22.6 Å². The number of aromatic nitrogens is 1. The lowest BCUT2D eigenvalue weighted by Crippen LogP contribution is -2.07. The quantitative estimate of drug-likeness (QED) is 0.502. The summed E-state index contributed by atoms with van der Waals surface area (Å²) in [4.78, 5) is 12.4. The molecule has 0 fully saturated rings. The Morgan fingerprint density at radius 2 is 1.69 bits per heavy atom. The Morgan fingerprint density at radius 3 is 2.31 bits per heavy atom. The van der Waals surface area contributed by atoms with Crippen LogP contribution < -0.4 is 9.47 Å². The molecule has 0 saturated carbocycles. The van der Waals surface area contributed by atoms with Crippen molar-refractivity contribution in [2.45, 2.75) is 19.9 Å². The number of hydrogen-bond acceptors (Lipinski definition) is 4. The number of methoxy groups -OCH3 is 3. The molecule has 29 heavy (non-hydrogen) atoms. The summed E-state index contributed by atoms with van der Waals surface area (Å²) < 4.78 is 17.8. The normalized spacial score (nSPS) is 10.7. The van der Waals surface area contributed by atoms with E-state index in [1.54, 1.807) is 14.2 Å². The Morgan fingerprint density at radius 1 is 1.00 bits per heavy atom. The maximum atomic E-state index is 12.4. The molecule has 3 rings (SSSR count). The third kappa shape index (κ3) is 4.40. The van der Waals surface area contributed by atoms with Crippen molar-refractivity contribution in [3.63, 3.8) is 0 Å². The second-order valence-corrected chi connectivity index (χ2v) is 7.07. The molecule has 0 aliphatic heterocycles. The van der Waals surface area contributed by atoms with E-state index in [-0.39, 0.29) is 5.97 Å². The summed E-state index contributed by atoms with van der Waals surface area (Å²) in [6, 6.07) is 13.3. The SMILES string of the molecule is COC(=O)c1c(-c2ccc(Cl)cc2)cn(CCc2ccc(OC)c(OC)c2)c1C. The van der Waals surface area contributed by atoms with Crippen LogP contribution in [0.3, 0.4) is 0 Å². The van der Waals surface area contributed by atoms with Crippen LogP contribution in [0.1, 0.15) is 21.6 Å². The van der Waals surface area contributed by atoms with Gasteiger partial charge in [0.25, 0.3) is 0 Å². The lowest BCUT2D eigenvalue weighted by molar-refractivity contribution is 0.0600. The minimum Gasteiger partial charge on any atom is -0.493 e. The number of ether oxygens (including phenoxy) is 3. The Labute approximate surface area is 175 Å². The summed E-state index contributed by atoms with van der Waals surface area (Å²) in [5.41, 5.74) is 4.30. The van der Waals surface area contributed by atoms with Gasteiger partial charge >= 0.3 is 5.97 Å². The summed E-state index contributed by atoms with van der Waals surface area (Å²) in [6.07, 6.45) is 2.77. The number of carbonyl (C=O) groups is 1. The van der Waals surface area contributed by atoms with Crippen molar-refractivity contribution in [3.05, 3.63) is 70.5 Å². The van der Waals surface area contributed by atoms with Gasteiger partial charge in [-0.2, -0.15) is 0 Å². The summed E-state index contributed by atoms with van der Waals surface area (Å²) >= 11 is 6.01. The molecule has 0 N–H and O–H groups in total. The second-order valence-electron chi connectivity index (χ2n) is 6.63. The number of halogens is 1. The minimum atomic E-state index is -0.350. The fraction of sp³-hybridized carbons (Fsp3) is 0.261. The van der Waals surface area contributed by atoms with Crippen LogP contribution in [0.5, 0.6) is 11.5 Å². The topological polar surface area (TPSA) is 49.7 Å². The molecule has 0 amide bonds. The smallest absolute Gasteiger partial charge is 0.340 e. The fourth-order valence-corrected chi connectivity index (χ4v) is 3.51. The van der Waals surface area contributed by atoms with Crippen LogP contribution in [0.15, 0.2) is 48.7 Å². The van der Waals surface area contributed by atoms with E-state index in [0.29, 0.717) is 28.6 Å². The van der Waals surface area contributed by atoms with Crippen molar-refractivity contribution < 1.29 is 19.0 Å². The summed E-state index contributed by atoms with van der Waals surface area (Å²) in [5.74, 6) is 1.05. The van der Waals surface area contributed by atoms with Gasteiger partial charge in [-0.25, -0.2) is 4.79 Å². The number of hydrogen-bond donors (Lipinski definition) is 0. The lowest BCUT2D eigenvalue weighted by Gasteiger charge is -2.11. The van der Waals surface area contributed by atoms with Crippen LogP contribution in [-0.4, -0.2) is 31.9 Å². The van der Waals surface area contributed by atoms with Gasteiger partial charge in [-0.1, -0.05) is 29.8 Å². The zero-order valence-corrected chi connectivity index (χ0v) is 17.7. The Hall–Kier alpha value is -2.92. The number of rotatable bonds is 7. The summed E-state index contributed by atoms with van der Waals surface area (Å²) in [7, 11) is 4.64. The maximum absolute atomic E-state index is 12.4. The number of benzene rings is 2. The molecule has 3 aromatic rings. The van der Waals surface area contributed by atoms with Gasteiger partial charge in [-0.3, -0.25) is 0 Å². The first kappa shape index (κ1) is 20.8. The summed E-state index contributed by atoms with van der Waals surface area (Å²) in [6.45, 7) is 2.64. The standard InChI is InChI=1S/C23H24ClNO4/c1-15-22(23(26)29-4)19(17-6-8-18(24)9-7-17)14-25(15)12-11-16-5-10-20(27-2)21(13-16)28-3/h5-10,13-14H,11-12H2,1-4H3. The average Bonchev–Trinajstić information content (AvgIpc) is 3.08. The van der Waals surface area contributed by atoms with Crippen LogP contribution >= 0.6 is 11.6 Å². The minimum absolute atomic E-state index is 0.350. The number of carbonyl (C=O) groups excluding carboxylic acids is 1. The maximum Gasteiger partial charge on any atom is 0.340 e. The summed E-state index contributed by atoms with van der Waals surface area (Å²) in [5, 5.41) is 0.651. The lowest BCUT2D eigenvalue weighted by atomic mass is 10.0. The van der Waals surface area contributed by atoms with Crippen molar-refractivity contribution in [1.82, 2.24) is 4.57 Å². The highest BCUT2D eigenvalue weighted by atomic mass is 35.5. The third-order valence-corrected chi connectivity index (χ3v) is 5.23. The Bertz CT molecular complexity index is 1010. The van der Waals surface area contributed by atoms with Crippen molar-refractivity contribution in [1.29, 1.82) is 0 Å². The van der Waals surface area contributed by atoms with Gasteiger partial charge in [0.05, 0.1) is 26.9 Å². The van der Waals surface area contributed by atoms with E-state index >= 15 is 0 Å². The van der Waals surface area contributed by atoms with E-state index < -0.39 is 0 Å². The van der Waals surface area contributed by atoms with Gasteiger partial charge in [0.15, 0.2) is 11.5 Å². The second kappa shape index (κ2) is 9.05. The number of esters is 1. The molecule has 0 bridgehead atoms. The highest BCUT2D eigenvalue weighted by Gasteiger charge is 2.21. The number of nitrogens with zero attached hydrogens (tertiary/aromatic N) is 1. The number of aryl methyl sites for hydroxylation is 2. The molecule has 0 atom stereocenters. The molecule has 152 valence electrons. The van der Waals surface area contributed by atoms with Crippen LogP contribution in [0.2, 0.25) is 5.02 Å². The highest BCUT2D eigenvalue weighted by molar-refractivity contribution is 6.30. The molecule has 0 radical (unpaired) electrons. The highest BCUT2D eigenvalue weighted by Crippen LogP contribution is 2.31. The van der Waals surface area contributed by atoms with Gasteiger partial charge < -0.3 is 18.8 Å². The fourth-order valence-electron chi connectivity index (χ4n) is 3.38. The predicted molar refractivity (Wildman–Crippen MR) is 114 cm³/mol. The average molecular weight is 414 g/mol. The largest absolute Gasteiger partial charge is 0.493 e. The van der Waals surface area contributed by atoms with E-state index in [9.17, 15) is 4.79 Å². The predicted octanol–water partition coefficient (Wildman–Crippen LogP) is 5.16. The van der Waals surface area contributed by atoms with E-state index in [1.165, 1.54) is 7.11 Å². The molecule has 5 nitrogen and oxygen atoms in total. The zero-order chi connectivity index (χ0) is 21.0. The first-order chi connectivity index (χ1) is 14.0. The molecule has 1 heterocycles. The van der Waals surface area contributed by atoms with E-state index in [0.717, 1.165) is 28.8 Å². The van der Waals surface area contributed by atoms with Crippen LogP contribution in [-0.2, 0) is 17.7 Å². The Balaban J connectivity index is 1.92. The van der Waals surface area contributed by atoms with Gasteiger partial charge in [-0.15, -0.1) is 0 Å². The molecular formula is C23H24ClNO4. The third-order valence-electron chi connectivity index (χ3n) is 4.98. The van der Waals surface area contributed by atoms with Crippen molar-refractivity contribution in [2.75, 3.05) is 21.3 Å². The Kier molecular flexibility index (Phi) is 6.49. The van der Waals surface area contributed by atoms with Gasteiger partial charge in [0, 0.05) is 29.0 Å². The van der Waals surface area contributed by atoms with Crippen molar-refractivity contribution in [2.24, 2.45) is 0 Å². The molecule has 1 aromatic heterocycles. The van der Waals surface area contributed by atoms with Crippen LogP contribution in [0.25, 0.3) is 11.1 Å². The van der Waals surface area contributed by atoms with Crippen LogP contribution in [0.4, 0.5) is 0 Å². The molecule has 0 aliphatic carbocycles. The molecule has 0 saturated heterocycles. The van der Waals surface area contributed by atoms with Crippen LogP contribution in [0, 0.1) is 6.92 Å². The van der Waals surface area contributed by atoms with E-state index in [2.05, 4.69) is 4.57 Å². The first-order valence-electron chi connectivity index (χ1n) is 9.23. The van der Waals surface area contributed by atoms with Crippen molar-refractivity contribution >= 4 is 17.6 Å².